The van der Waals surface area contributed by atoms with Gasteiger partial charge in [-0.25, -0.2) is 0 Å². The molecule has 2 nitrogen and oxygen atoms in total. The number of benzene rings is 4. The molecule has 0 radical (unpaired) electrons. The third-order valence-electron chi connectivity index (χ3n) is 4.68. The van der Waals surface area contributed by atoms with Crippen LogP contribution in [0.4, 0.5) is 0 Å². The van der Waals surface area contributed by atoms with Gasteiger partial charge in [-0.05, 0) is 28.3 Å². The Kier molecular flexibility index (Phi) is 4.54. The second kappa shape index (κ2) is 7.30. The van der Waals surface area contributed by atoms with Crippen molar-refractivity contribution in [2.24, 2.45) is 0 Å². The minimum Gasteiger partial charge on any atom is -0.507 e. The molecule has 0 amide bonds. The van der Waals surface area contributed by atoms with Crippen molar-refractivity contribution >= 4 is 6.29 Å². The summed E-state index contributed by atoms with van der Waals surface area (Å²) in [6.45, 7) is 0. The van der Waals surface area contributed by atoms with Gasteiger partial charge < -0.3 is 5.11 Å². The molecule has 2 heteroatoms. The lowest BCUT2D eigenvalue weighted by Crippen LogP contribution is -1.90. The zero-order chi connectivity index (χ0) is 18.6. The van der Waals surface area contributed by atoms with Crippen LogP contribution in [-0.2, 0) is 0 Å². The van der Waals surface area contributed by atoms with Gasteiger partial charge in [0.05, 0.1) is 0 Å². The van der Waals surface area contributed by atoms with E-state index in [0.29, 0.717) is 5.56 Å². The number of aldehydes is 1. The standard InChI is InChI=1S/C25H18O2/c26-17-18-11-13-21(14-12-18)24-22(19-7-3-1-4-8-19)15-16-23(25(24)27)20-9-5-2-6-10-20/h1-17,27H. The number of aromatic hydroxyl groups is 1. The van der Waals surface area contributed by atoms with Gasteiger partial charge in [0.15, 0.2) is 0 Å². The first-order valence-corrected chi connectivity index (χ1v) is 8.80. The number of hydrogen-bond acceptors (Lipinski definition) is 2. The van der Waals surface area contributed by atoms with Crippen molar-refractivity contribution in [1.82, 2.24) is 0 Å². The van der Waals surface area contributed by atoms with Gasteiger partial charge in [-0.3, -0.25) is 4.79 Å². The van der Waals surface area contributed by atoms with E-state index in [1.807, 2.05) is 84.9 Å². The summed E-state index contributed by atoms with van der Waals surface area (Å²) in [5.74, 6) is 0.237. The van der Waals surface area contributed by atoms with E-state index in [-0.39, 0.29) is 5.75 Å². The molecule has 27 heavy (non-hydrogen) atoms. The highest BCUT2D eigenvalue weighted by atomic mass is 16.3. The highest BCUT2D eigenvalue weighted by Crippen LogP contribution is 2.44. The average molecular weight is 350 g/mol. The van der Waals surface area contributed by atoms with Crippen LogP contribution in [0.2, 0.25) is 0 Å². The molecule has 0 atom stereocenters. The Bertz CT molecular complexity index is 1070. The number of carbonyl (C=O) groups is 1. The van der Waals surface area contributed by atoms with E-state index in [1.165, 1.54) is 0 Å². The Hall–Kier alpha value is -3.65. The lowest BCUT2D eigenvalue weighted by Gasteiger charge is -2.16. The molecule has 0 saturated heterocycles. The van der Waals surface area contributed by atoms with E-state index in [4.69, 9.17) is 0 Å². The zero-order valence-corrected chi connectivity index (χ0v) is 14.7. The number of hydrogen-bond donors (Lipinski definition) is 1. The molecule has 0 unspecified atom stereocenters. The van der Waals surface area contributed by atoms with E-state index in [2.05, 4.69) is 0 Å². The van der Waals surface area contributed by atoms with Gasteiger partial charge in [-0.15, -0.1) is 0 Å². The van der Waals surface area contributed by atoms with Crippen LogP contribution in [-0.4, -0.2) is 11.4 Å². The molecule has 0 bridgehead atoms. The van der Waals surface area contributed by atoms with Crippen LogP contribution in [0.1, 0.15) is 10.4 Å². The van der Waals surface area contributed by atoms with Crippen molar-refractivity contribution in [3.8, 4) is 39.1 Å². The van der Waals surface area contributed by atoms with E-state index >= 15 is 0 Å². The predicted molar refractivity (Wildman–Crippen MR) is 110 cm³/mol. The maximum Gasteiger partial charge on any atom is 0.150 e. The molecular formula is C25H18O2. The van der Waals surface area contributed by atoms with Gasteiger partial charge in [-0.1, -0.05) is 91.0 Å². The van der Waals surface area contributed by atoms with Gasteiger partial charge in [0, 0.05) is 16.7 Å². The van der Waals surface area contributed by atoms with Gasteiger partial charge >= 0.3 is 0 Å². The topological polar surface area (TPSA) is 37.3 Å². The third-order valence-corrected chi connectivity index (χ3v) is 4.68. The number of rotatable bonds is 4. The Morgan fingerprint density at radius 3 is 1.63 bits per heavy atom. The second-order valence-corrected chi connectivity index (χ2v) is 6.36. The lowest BCUT2D eigenvalue weighted by molar-refractivity contribution is 0.112. The van der Waals surface area contributed by atoms with Gasteiger partial charge in [0.1, 0.15) is 12.0 Å². The minimum atomic E-state index is 0.237. The Morgan fingerprint density at radius 2 is 1.07 bits per heavy atom. The minimum absolute atomic E-state index is 0.237. The van der Waals surface area contributed by atoms with Crippen molar-refractivity contribution in [3.05, 3.63) is 103 Å². The lowest BCUT2D eigenvalue weighted by atomic mass is 9.89. The van der Waals surface area contributed by atoms with Crippen molar-refractivity contribution in [2.45, 2.75) is 0 Å². The van der Waals surface area contributed by atoms with Gasteiger partial charge in [-0.2, -0.15) is 0 Å². The Morgan fingerprint density at radius 1 is 0.556 bits per heavy atom. The first kappa shape index (κ1) is 16.8. The summed E-state index contributed by atoms with van der Waals surface area (Å²) in [5.41, 5.74) is 5.96. The van der Waals surface area contributed by atoms with Crippen LogP contribution in [0, 0.1) is 0 Å². The van der Waals surface area contributed by atoms with E-state index in [1.54, 1.807) is 12.1 Å². The molecule has 0 heterocycles. The van der Waals surface area contributed by atoms with Crippen molar-refractivity contribution < 1.29 is 9.90 Å². The largest absolute Gasteiger partial charge is 0.507 e. The average Bonchev–Trinajstić information content (AvgIpc) is 2.75. The molecule has 0 saturated carbocycles. The number of phenols is 1. The normalized spacial score (nSPS) is 10.5. The predicted octanol–water partition coefficient (Wildman–Crippen LogP) is 6.21. The van der Waals surface area contributed by atoms with Crippen LogP contribution >= 0.6 is 0 Å². The van der Waals surface area contributed by atoms with Crippen molar-refractivity contribution in [1.29, 1.82) is 0 Å². The maximum absolute atomic E-state index is 11.2. The Balaban J connectivity index is 1.97. The Labute approximate surface area is 158 Å². The second-order valence-electron chi connectivity index (χ2n) is 6.36. The molecular weight excluding hydrogens is 332 g/mol. The van der Waals surface area contributed by atoms with Crippen molar-refractivity contribution in [3.63, 3.8) is 0 Å². The molecule has 0 aliphatic carbocycles. The summed E-state index contributed by atoms with van der Waals surface area (Å²) in [6.07, 6.45) is 0.822. The fourth-order valence-corrected chi connectivity index (χ4v) is 3.32. The third kappa shape index (κ3) is 3.25. The zero-order valence-electron chi connectivity index (χ0n) is 14.7. The first-order valence-electron chi connectivity index (χ1n) is 8.80. The monoisotopic (exact) mass is 350 g/mol. The molecule has 1 N–H and O–H groups in total. The number of carbonyl (C=O) groups excluding carboxylic acids is 1. The summed E-state index contributed by atoms with van der Waals surface area (Å²) >= 11 is 0. The number of phenolic OH excluding ortho intramolecular Hbond substituents is 1. The summed E-state index contributed by atoms with van der Waals surface area (Å²) in [4.78, 5) is 11.0. The quantitative estimate of drug-likeness (QED) is 0.445. The highest BCUT2D eigenvalue weighted by molar-refractivity contribution is 5.93. The molecule has 0 aromatic heterocycles. The summed E-state index contributed by atoms with van der Waals surface area (Å²) in [7, 11) is 0. The van der Waals surface area contributed by atoms with Crippen LogP contribution in [0.25, 0.3) is 33.4 Å². The summed E-state index contributed by atoms with van der Waals surface area (Å²) in [6, 6.07) is 31.1. The molecule has 0 aliphatic rings. The summed E-state index contributed by atoms with van der Waals surface area (Å²) < 4.78 is 0. The molecule has 4 rings (SSSR count). The SMILES string of the molecule is O=Cc1ccc(-c2c(-c3ccccc3)ccc(-c3ccccc3)c2O)cc1. The van der Waals surface area contributed by atoms with Gasteiger partial charge in [0.25, 0.3) is 0 Å². The fourth-order valence-electron chi connectivity index (χ4n) is 3.32. The smallest absolute Gasteiger partial charge is 0.150 e. The molecule has 4 aromatic carbocycles. The van der Waals surface area contributed by atoms with E-state index in [9.17, 15) is 9.90 Å². The van der Waals surface area contributed by atoms with E-state index < -0.39 is 0 Å². The molecule has 130 valence electrons. The molecule has 4 aromatic rings. The molecule has 0 fully saturated rings. The van der Waals surface area contributed by atoms with Crippen LogP contribution in [0.5, 0.6) is 5.75 Å². The van der Waals surface area contributed by atoms with Crippen LogP contribution in [0.15, 0.2) is 97.1 Å². The highest BCUT2D eigenvalue weighted by Gasteiger charge is 2.16. The first-order chi connectivity index (χ1) is 13.3. The molecule has 0 aliphatic heterocycles. The van der Waals surface area contributed by atoms with Crippen molar-refractivity contribution in [2.75, 3.05) is 0 Å². The fraction of sp³-hybridized carbons (Fsp3) is 0. The summed E-state index contributed by atoms with van der Waals surface area (Å²) in [5, 5.41) is 11.2. The molecule has 0 spiro atoms. The van der Waals surface area contributed by atoms with Gasteiger partial charge in [0.2, 0.25) is 0 Å². The van der Waals surface area contributed by atoms with Crippen LogP contribution < -0.4 is 0 Å². The van der Waals surface area contributed by atoms with Crippen LogP contribution in [0.3, 0.4) is 0 Å². The maximum atomic E-state index is 11.2. The van der Waals surface area contributed by atoms with E-state index in [0.717, 1.165) is 39.7 Å².